The van der Waals surface area contributed by atoms with Gasteiger partial charge in [-0.15, -0.1) is 0 Å². The number of fused-ring (bicyclic) bond motifs is 1. The fraction of sp³-hybridized carbons (Fsp3) is 0.462. The Labute approximate surface area is 219 Å². The van der Waals surface area contributed by atoms with Gasteiger partial charge in [0.25, 0.3) is 5.76 Å². The highest BCUT2D eigenvalue weighted by Gasteiger charge is 2.23. The fourth-order valence-electron chi connectivity index (χ4n) is 4.49. The van der Waals surface area contributed by atoms with Gasteiger partial charge in [-0.25, -0.2) is 14.3 Å². The lowest BCUT2D eigenvalue weighted by Crippen LogP contribution is -2.45. The predicted octanol–water partition coefficient (Wildman–Crippen LogP) is 4.29. The molecule has 3 aromatic heterocycles. The number of primary amides is 1. The lowest BCUT2D eigenvalue weighted by Gasteiger charge is -2.36. The summed E-state index contributed by atoms with van der Waals surface area (Å²) in [6.07, 6.45) is 4.29. The first-order chi connectivity index (χ1) is 17.8. The topological polar surface area (TPSA) is 97.5 Å². The van der Waals surface area contributed by atoms with Crippen LogP contribution in [0.15, 0.2) is 42.6 Å². The molecular weight excluding hydrogens is 498 g/mol. The number of hydrogen-bond acceptors (Lipinski definition) is 8. The van der Waals surface area contributed by atoms with Crippen LogP contribution in [-0.2, 0) is 16.0 Å². The van der Waals surface area contributed by atoms with Gasteiger partial charge in [-0.05, 0) is 69.0 Å². The monoisotopic (exact) mass is 530 g/mol. The third-order valence-corrected chi connectivity index (χ3v) is 6.84. The summed E-state index contributed by atoms with van der Waals surface area (Å²) in [6, 6.07) is 11.7. The molecule has 0 aliphatic carbocycles. The first kappa shape index (κ1) is 27.2. The molecule has 0 saturated carbocycles. The van der Waals surface area contributed by atoms with Crippen molar-refractivity contribution in [1.29, 1.82) is 0 Å². The van der Waals surface area contributed by atoms with Crippen LogP contribution in [0, 0.1) is 0 Å². The number of carbonyl (C=O) groups is 1. The number of ether oxygens (including phenoxy) is 1. The Morgan fingerprint density at radius 3 is 2.49 bits per heavy atom. The molecule has 198 valence electrons. The Morgan fingerprint density at radius 1 is 1.11 bits per heavy atom. The fourth-order valence-corrected chi connectivity index (χ4v) is 5.18. The molecule has 37 heavy (non-hydrogen) atoms. The summed E-state index contributed by atoms with van der Waals surface area (Å²) in [5, 5.41) is 0.906. The molecule has 2 saturated heterocycles. The van der Waals surface area contributed by atoms with Crippen molar-refractivity contribution in [3.05, 3.63) is 48.3 Å². The summed E-state index contributed by atoms with van der Waals surface area (Å²) in [5.74, 6) is -1.72. The summed E-state index contributed by atoms with van der Waals surface area (Å²) >= 11 is 0.662. The van der Waals surface area contributed by atoms with E-state index >= 15 is 0 Å². The molecule has 2 unspecified atom stereocenters. The molecular formula is C26H32F2N6O2S. The van der Waals surface area contributed by atoms with Crippen LogP contribution in [-0.4, -0.2) is 69.3 Å². The second-order valence-electron chi connectivity index (χ2n) is 9.25. The zero-order valence-electron chi connectivity index (χ0n) is 21.0. The van der Waals surface area contributed by atoms with Crippen molar-refractivity contribution in [2.24, 2.45) is 5.73 Å². The number of amides is 1. The van der Waals surface area contributed by atoms with Crippen molar-refractivity contribution in [1.82, 2.24) is 19.3 Å². The standard InChI is InChI=1S/C21H23N5O2.C5H9F2NS/c1-13-11-26(12-14(2)28-13)21-5-3-4-17(25-21)18-7-6-15-10-23-16(9-20(22)27)8-19(15)24-18;6-5(7)9-8-3-1-2-4-8/h3-8,10,13-14H,9,11-12H2,1-2H3,(H2,22,27);5H,1-4H2. The number of carbonyl (C=O) groups excluding carboxylic acids is 1. The van der Waals surface area contributed by atoms with Gasteiger partial charge >= 0.3 is 0 Å². The summed E-state index contributed by atoms with van der Waals surface area (Å²) in [7, 11) is 0. The van der Waals surface area contributed by atoms with Crippen LogP contribution in [0.2, 0.25) is 0 Å². The van der Waals surface area contributed by atoms with Crippen molar-refractivity contribution in [3.8, 4) is 11.4 Å². The third-order valence-electron chi connectivity index (χ3n) is 6.02. The van der Waals surface area contributed by atoms with E-state index in [9.17, 15) is 13.6 Å². The van der Waals surface area contributed by atoms with Crippen molar-refractivity contribution in [2.45, 2.75) is 51.1 Å². The highest BCUT2D eigenvalue weighted by atomic mass is 32.2. The Kier molecular flexibility index (Phi) is 9.23. The minimum absolute atomic E-state index is 0.100. The number of halogens is 2. The zero-order valence-corrected chi connectivity index (χ0v) is 21.8. The maximum absolute atomic E-state index is 11.6. The molecule has 2 aliphatic rings. The van der Waals surface area contributed by atoms with Gasteiger partial charge in [0.2, 0.25) is 5.91 Å². The molecule has 2 fully saturated rings. The van der Waals surface area contributed by atoms with Crippen LogP contribution >= 0.6 is 11.9 Å². The number of nitrogens with two attached hydrogens (primary N) is 1. The number of anilines is 1. The van der Waals surface area contributed by atoms with Crippen LogP contribution in [0.3, 0.4) is 0 Å². The van der Waals surface area contributed by atoms with E-state index in [1.54, 1.807) is 16.6 Å². The van der Waals surface area contributed by atoms with Gasteiger partial charge in [0, 0.05) is 37.8 Å². The van der Waals surface area contributed by atoms with Gasteiger partial charge in [-0.3, -0.25) is 9.78 Å². The number of pyridine rings is 3. The van der Waals surface area contributed by atoms with Crippen LogP contribution in [0.5, 0.6) is 0 Å². The normalized spacial score (nSPS) is 20.2. The minimum Gasteiger partial charge on any atom is -0.372 e. The lowest BCUT2D eigenvalue weighted by molar-refractivity contribution is -0.117. The Hall–Kier alpha value is -2.89. The summed E-state index contributed by atoms with van der Waals surface area (Å²) in [5.41, 5.74) is 8.24. The first-order valence-corrected chi connectivity index (χ1v) is 13.2. The molecule has 2 atom stereocenters. The average molecular weight is 531 g/mol. The summed E-state index contributed by atoms with van der Waals surface area (Å²) in [4.78, 5) is 27.2. The van der Waals surface area contributed by atoms with Gasteiger partial charge in [0.05, 0.1) is 41.2 Å². The van der Waals surface area contributed by atoms with E-state index in [0.29, 0.717) is 17.6 Å². The van der Waals surface area contributed by atoms with E-state index in [1.807, 2.05) is 30.3 Å². The quantitative estimate of drug-likeness (QED) is 0.472. The van der Waals surface area contributed by atoms with E-state index < -0.39 is 11.7 Å². The van der Waals surface area contributed by atoms with Gasteiger partial charge in [0.15, 0.2) is 0 Å². The second kappa shape index (κ2) is 12.6. The molecule has 2 aliphatic heterocycles. The van der Waals surface area contributed by atoms with Crippen LogP contribution in [0.1, 0.15) is 32.4 Å². The lowest BCUT2D eigenvalue weighted by atomic mass is 10.1. The largest absolute Gasteiger partial charge is 0.372 e. The second-order valence-corrected chi connectivity index (χ2v) is 10.3. The SMILES string of the molecule is CC1CN(c2cccc(-c3ccc4cnc(CC(N)=O)cc4n3)n2)CC(C)O1.FC(F)SN1CCCC1. The van der Waals surface area contributed by atoms with Gasteiger partial charge in [-0.1, -0.05) is 6.07 Å². The van der Waals surface area contributed by atoms with Crippen LogP contribution in [0.4, 0.5) is 14.6 Å². The van der Waals surface area contributed by atoms with E-state index in [1.165, 1.54) is 0 Å². The molecule has 1 amide bonds. The van der Waals surface area contributed by atoms with E-state index in [-0.39, 0.29) is 18.6 Å². The number of alkyl halides is 2. The van der Waals surface area contributed by atoms with Gasteiger partial charge in [0.1, 0.15) is 5.82 Å². The molecule has 5 heterocycles. The number of rotatable bonds is 6. The van der Waals surface area contributed by atoms with Crippen molar-refractivity contribution < 1.29 is 18.3 Å². The molecule has 5 rings (SSSR count). The Balaban J connectivity index is 0.000000301. The number of nitrogens with zero attached hydrogens (tertiary/aromatic N) is 5. The van der Waals surface area contributed by atoms with Gasteiger partial charge < -0.3 is 15.4 Å². The highest BCUT2D eigenvalue weighted by molar-refractivity contribution is 7.97. The van der Waals surface area contributed by atoms with Gasteiger partial charge in [-0.2, -0.15) is 8.78 Å². The Bertz CT molecular complexity index is 1200. The van der Waals surface area contributed by atoms with Crippen molar-refractivity contribution in [2.75, 3.05) is 31.1 Å². The smallest absolute Gasteiger partial charge is 0.298 e. The number of hydrogen-bond donors (Lipinski definition) is 1. The maximum Gasteiger partial charge on any atom is 0.298 e. The predicted molar refractivity (Wildman–Crippen MR) is 142 cm³/mol. The van der Waals surface area contributed by atoms with E-state index in [4.69, 9.17) is 20.4 Å². The molecule has 2 N–H and O–H groups in total. The molecule has 0 radical (unpaired) electrons. The molecule has 0 spiro atoms. The van der Waals surface area contributed by atoms with E-state index in [2.05, 4.69) is 23.7 Å². The van der Waals surface area contributed by atoms with Crippen LogP contribution in [0.25, 0.3) is 22.3 Å². The number of aromatic nitrogens is 3. The molecule has 11 heteroatoms. The van der Waals surface area contributed by atoms with E-state index in [0.717, 1.165) is 67.1 Å². The average Bonchev–Trinajstić information content (AvgIpc) is 3.35. The van der Waals surface area contributed by atoms with Crippen molar-refractivity contribution >= 4 is 34.6 Å². The first-order valence-electron chi connectivity index (χ1n) is 12.4. The molecule has 3 aromatic rings. The molecule has 0 aromatic carbocycles. The third kappa shape index (κ3) is 7.80. The summed E-state index contributed by atoms with van der Waals surface area (Å²) in [6.45, 7) is 7.44. The minimum atomic E-state index is -2.23. The molecule has 8 nitrogen and oxygen atoms in total. The van der Waals surface area contributed by atoms with Crippen LogP contribution < -0.4 is 10.6 Å². The summed E-state index contributed by atoms with van der Waals surface area (Å²) < 4.78 is 30.8. The maximum atomic E-state index is 11.6. The highest BCUT2D eigenvalue weighted by Crippen LogP contribution is 2.25. The van der Waals surface area contributed by atoms with Crippen molar-refractivity contribution in [3.63, 3.8) is 0 Å². The number of morpholine rings is 1. The molecule has 0 bridgehead atoms. The Morgan fingerprint density at radius 2 is 1.81 bits per heavy atom. The zero-order chi connectivity index (χ0) is 26.4.